The van der Waals surface area contributed by atoms with Crippen molar-refractivity contribution in [3.63, 3.8) is 0 Å². The van der Waals surface area contributed by atoms with Crippen LogP contribution in [0.3, 0.4) is 0 Å². The Morgan fingerprint density at radius 2 is 1.91 bits per heavy atom. The Hall–Kier alpha value is -1.87. The van der Waals surface area contributed by atoms with Crippen molar-refractivity contribution in [1.29, 1.82) is 0 Å². The topological polar surface area (TPSA) is 29.1 Å². The number of benzene rings is 2. The average Bonchev–Trinajstić information content (AvgIpc) is 2.47. The van der Waals surface area contributed by atoms with Crippen molar-refractivity contribution in [2.24, 2.45) is 0 Å². The van der Waals surface area contributed by atoms with E-state index < -0.39 is 11.7 Å². The first-order chi connectivity index (χ1) is 10.4. The van der Waals surface area contributed by atoms with Gasteiger partial charge >= 0.3 is 0 Å². The molecule has 2 rings (SSSR count). The van der Waals surface area contributed by atoms with Crippen molar-refractivity contribution >= 4 is 17.5 Å². The number of hydrogen-bond acceptors (Lipinski definition) is 1. The summed E-state index contributed by atoms with van der Waals surface area (Å²) in [5, 5.41) is 3.16. The summed E-state index contributed by atoms with van der Waals surface area (Å²) in [6.45, 7) is 6.06. The Morgan fingerprint density at radius 1 is 1.18 bits per heavy atom. The molecule has 0 fully saturated rings. The molecule has 2 aromatic rings. The highest BCUT2D eigenvalue weighted by Gasteiger charge is 2.17. The van der Waals surface area contributed by atoms with Crippen molar-refractivity contribution in [3.05, 3.63) is 69.5 Å². The highest BCUT2D eigenvalue weighted by atomic mass is 35.5. The number of hydrogen-bond donors (Lipinski definition) is 1. The zero-order valence-electron chi connectivity index (χ0n) is 12.9. The Labute approximate surface area is 135 Å². The third-order valence-electron chi connectivity index (χ3n) is 3.82. The number of halogens is 2. The molecule has 1 amide bonds. The molecular weight excluding hydrogens is 301 g/mol. The summed E-state index contributed by atoms with van der Waals surface area (Å²) >= 11 is 5.71. The lowest BCUT2D eigenvalue weighted by atomic mass is 9.99. The van der Waals surface area contributed by atoms with Crippen molar-refractivity contribution in [2.75, 3.05) is 0 Å². The molecule has 0 heterocycles. The molecule has 0 aliphatic heterocycles. The van der Waals surface area contributed by atoms with Crippen LogP contribution in [-0.4, -0.2) is 5.91 Å². The predicted octanol–water partition coefficient (Wildman–Crippen LogP) is 4.98. The number of amides is 1. The predicted molar refractivity (Wildman–Crippen MR) is 87.8 cm³/mol. The fourth-order valence-electron chi connectivity index (χ4n) is 2.31. The van der Waals surface area contributed by atoms with Crippen LogP contribution in [0.15, 0.2) is 36.4 Å². The molecule has 0 bridgehead atoms. The summed E-state index contributed by atoms with van der Waals surface area (Å²) < 4.78 is 13.8. The quantitative estimate of drug-likeness (QED) is 0.846. The van der Waals surface area contributed by atoms with Gasteiger partial charge in [-0.2, -0.15) is 0 Å². The van der Waals surface area contributed by atoms with Crippen LogP contribution in [0.1, 0.15) is 46.4 Å². The Kier molecular flexibility index (Phi) is 5.19. The smallest absolute Gasteiger partial charge is 0.254 e. The second kappa shape index (κ2) is 6.93. The van der Waals surface area contributed by atoms with Gasteiger partial charge in [-0.1, -0.05) is 36.7 Å². The maximum absolute atomic E-state index is 13.8. The number of aryl methyl sites for hydroxylation is 2. The zero-order chi connectivity index (χ0) is 16.3. The molecule has 22 heavy (non-hydrogen) atoms. The number of carbonyl (C=O) groups excluding carboxylic acids is 1. The van der Waals surface area contributed by atoms with Crippen LogP contribution in [0.2, 0.25) is 5.02 Å². The van der Waals surface area contributed by atoms with Gasteiger partial charge < -0.3 is 5.32 Å². The van der Waals surface area contributed by atoms with Crippen molar-refractivity contribution in [3.8, 4) is 0 Å². The van der Waals surface area contributed by atoms with E-state index in [1.54, 1.807) is 0 Å². The van der Waals surface area contributed by atoms with E-state index >= 15 is 0 Å². The molecular formula is C18H19ClFNO. The van der Waals surface area contributed by atoms with Gasteiger partial charge in [0, 0.05) is 5.02 Å². The minimum atomic E-state index is -0.611. The first kappa shape index (κ1) is 16.5. The molecule has 0 unspecified atom stereocenters. The average molecular weight is 320 g/mol. The summed E-state index contributed by atoms with van der Waals surface area (Å²) in [5.74, 6) is -1.04. The van der Waals surface area contributed by atoms with Crippen molar-refractivity contribution in [1.82, 2.24) is 5.32 Å². The van der Waals surface area contributed by atoms with Gasteiger partial charge in [-0.15, -0.1) is 0 Å². The molecule has 0 aliphatic carbocycles. The van der Waals surface area contributed by atoms with E-state index in [0.29, 0.717) is 0 Å². The van der Waals surface area contributed by atoms with E-state index in [1.807, 2.05) is 32.9 Å². The molecule has 2 nitrogen and oxygen atoms in total. The number of rotatable bonds is 4. The van der Waals surface area contributed by atoms with Gasteiger partial charge in [0.05, 0.1) is 11.6 Å². The van der Waals surface area contributed by atoms with Crippen LogP contribution in [0.5, 0.6) is 0 Å². The van der Waals surface area contributed by atoms with E-state index in [0.717, 1.165) is 18.1 Å². The molecule has 0 saturated heterocycles. The molecule has 0 radical (unpaired) electrons. The standard InChI is InChI=1S/C18H19ClFNO/c1-4-17(13-6-5-11(2)12(3)9-13)21-18(22)15-8-7-14(19)10-16(15)20/h5-10,17H,4H2,1-3H3,(H,21,22)/t17-/m1/s1. The summed E-state index contributed by atoms with van der Waals surface area (Å²) in [6, 6.07) is 9.99. The van der Waals surface area contributed by atoms with Crippen LogP contribution < -0.4 is 5.32 Å². The van der Waals surface area contributed by atoms with Crippen LogP contribution in [0, 0.1) is 19.7 Å². The second-order valence-electron chi connectivity index (χ2n) is 5.40. The minimum absolute atomic E-state index is 0.00619. The fourth-order valence-corrected chi connectivity index (χ4v) is 2.47. The van der Waals surface area contributed by atoms with E-state index in [2.05, 4.69) is 11.4 Å². The largest absolute Gasteiger partial charge is 0.345 e. The lowest BCUT2D eigenvalue weighted by Crippen LogP contribution is -2.29. The minimum Gasteiger partial charge on any atom is -0.345 e. The number of nitrogens with one attached hydrogen (secondary N) is 1. The first-order valence-corrected chi connectivity index (χ1v) is 7.63. The van der Waals surface area contributed by atoms with Gasteiger partial charge in [0.15, 0.2) is 0 Å². The second-order valence-corrected chi connectivity index (χ2v) is 5.84. The van der Waals surface area contributed by atoms with Gasteiger partial charge in [-0.3, -0.25) is 4.79 Å². The summed E-state index contributed by atoms with van der Waals surface area (Å²) in [5.41, 5.74) is 3.40. The molecule has 116 valence electrons. The molecule has 1 atom stereocenters. The van der Waals surface area contributed by atoms with E-state index in [1.165, 1.54) is 23.3 Å². The van der Waals surface area contributed by atoms with Gasteiger partial charge in [-0.25, -0.2) is 4.39 Å². The molecule has 0 aromatic heterocycles. The van der Waals surface area contributed by atoms with E-state index in [9.17, 15) is 9.18 Å². The lowest BCUT2D eigenvalue weighted by molar-refractivity contribution is 0.0931. The lowest BCUT2D eigenvalue weighted by Gasteiger charge is -2.19. The molecule has 0 spiro atoms. The van der Waals surface area contributed by atoms with E-state index in [4.69, 9.17) is 11.6 Å². The maximum Gasteiger partial charge on any atom is 0.254 e. The van der Waals surface area contributed by atoms with Crippen molar-refractivity contribution in [2.45, 2.75) is 33.2 Å². The van der Waals surface area contributed by atoms with E-state index in [-0.39, 0.29) is 16.6 Å². The van der Waals surface area contributed by atoms with Gasteiger partial charge in [0.25, 0.3) is 5.91 Å². The first-order valence-electron chi connectivity index (χ1n) is 7.25. The fraction of sp³-hybridized carbons (Fsp3) is 0.278. The normalized spacial score (nSPS) is 12.0. The highest BCUT2D eigenvalue weighted by Crippen LogP contribution is 2.21. The Balaban J connectivity index is 2.22. The highest BCUT2D eigenvalue weighted by molar-refractivity contribution is 6.30. The van der Waals surface area contributed by atoms with Crippen LogP contribution in [0.4, 0.5) is 4.39 Å². The molecule has 0 aliphatic rings. The van der Waals surface area contributed by atoms with Gasteiger partial charge in [0.1, 0.15) is 5.82 Å². The Morgan fingerprint density at radius 3 is 2.50 bits per heavy atom. The van der Waals surface area contributed by atoms with Gasteiger partial charge in [0.2, 0.25) is 0 Å². The molecule has 1 N–H and O–H groups in total. The molecule has 4 heteroatoms. The molecule has 0 saturated carbocycles. The van der Waals surface area contributed by atoms with Crippen molar-refractivity contribution < 1.29 is 9.18 Å². The zero-order valence-corrected chi connectivity index (χ0v) is 13.7. The Bertz CT molecular complexity index is 699. The SMILES string of the molecule is CC[C@@H](NC(=O)c1ccc(Cl)cc1F)c1ccc(C)c(C)c1. The number of carbonyl (C=O) groups is 1. The third-order valence-corrected chi connectivity index (χ3v) is 4.06. The van der Waals surface area contributed by atoms with Crippen LogP contribution in [-0.2, 0) is 0 Å². The summed E-state index contributed by atoms with van der Waals surface area (Å²) in [4.78, 5) is 12.3. The summed E-state index contributed by atoms with van der Waals surface area (Å²) in [7, 11) is 0. The van der Waals surface area contributed by atoms with Crippen LogP contribution in [0.25, 0.3) is 0 Å². The monoisotopic (exact) mass is 319 g/mol. The van der Waals surface area contributed by atoms with Gasteiger partial charge in [-0.05, 0) is 55.2 Å². The molecule has 2 aromatic carbocycles. The summed E-state index contributed by atoms with van der Waals surface area (Å²) in [6.07, 6.45) is 0.726. The third kappa shape index (κ3) is 3.66. The maximum atomic E-state index is 13.8. The van der Waals surface area contributed by atoms with Crippen LogP contribution >= 0.6 is 11.6 Å².